The maximum absolute atomic E-state index is 12.0. The smallest absolute Gasteiger partial charge is 0.257 e. The standard InChI is InChI=1S/C14H13ClN2O/c1-9-2-7-13(16)12(8-9)14(18)17-11-5-3-10(15)4-6-11/h2-8H,16H2,1H3,(H,17,18). The monoisotopic (exact) mass is 260 g/mol. The lowest BCUT2D eigenvalue weighted by molar-refractivity contribution is 0.102. The van der Waals surface area contributed by atoms with Gasteiger partial charge in [-0.25, -0.2) is 0 Å². The summed E-state index contributed by atoms with van der Waals surface area (Å²) in [6, 6.07) is 12.3. The molecule has 2 aromatic carbocycles. The Balaban J connectivity index is 2.21. The van der Waals surface area contributed by atoms with Crippen LogP contribution < -0.4 is 11.1 Å². The normalized spacial score (nSPS) is 10.1. The summed E-state index contributed by atoms with van der Waals surface area (Å²) in [7, 11) is 0. The van der Waals surface area contributed by atoms with Gasteiger partial charge in [-0.05, 0) is 43.3 Å². The van der Waals surface area contributed by atoms with Gasteiger partial charge in [-0.2, -0.15) is 0 Å². The first-order chi connectivity index (χ1) is 8.56. The zero-order valence-corrected chi connectivity index (χ0v) is 10.7. The molecule has 1 amide bonds. The molecular weight excluding hydrogens is 248 g/mol. The molecule has 0 saturated heterocycles. The Morgan fingerprint density at radius 3 is 2.50 bits per heavy atom. The van der Waals surface area contributed by atoms with Crippen molar-refractivity contribution in [1.82, 2.24) is 0 Å². The quantitative estimate of drug-likeness (QED) is 0.812. The van der Waals surface area contributed by atoms with Crippen molar-refractivity contribution >= 4 is 28.9 Å². The highest BCUT2D eigenvalue weighted by Gasteiger charge is 2.09. The summed E-state index contributed by atoms with van der Waals surface area (Å²) < 4.78 is 0. The minimum absolute atomic E-state index is 0.224. The first-order valence-corrected chi connectivity index (χ1v) is 5.87. The molecular formula is C14H13ClN2O. The molecule has 0 radical (unpaired) electrons. The summed E-state index contributed by atoms with van der Waals surface area (Å²) >= 11 is 5.78. The van der Waals surface area contributed by atoms with Crippen LogP contribution in [0.5, 0.6) is 0 Å². The van der Waals surface area contributed by atoms with Crippen molar-refractivity contribution in [3.8, 4) is 0 Å². The molecule has 92 valence electrons. The number of carbonyl (C=O) groups excluding carboxylic acids is 1. The van der Waals surface area contributed by atoms with Gasteiger partial charge in [0, 0.05) is 16.4 Å². The van der Waals surface area contributed by atoms with Crippen LogP contribution in [0.25, 0.3) is 0 Å². The third-order valence-electron chi connectivity index (χ3n) is 2.56. The van der Waals surface area contributed by atoms with Gasteiger partial charge in [0.1, 0.15) is 0 Å². The molecule has 3 nitrogen and oxygen atoms in total. The van der Waals surface area contributed by atoms with E-state index in [-0.39, 0.29) is 5.91 Å². The minimum atomic E-state index is -0.224. The molecule has 2 rings (SSSR count). The molecule has 0 aromatic heterocycles. The van der Waals surface area contributed by atoms with Crippen LogP contribution in [0, 0.1) is 6.92 Å². The molecule has 0 unspecified atom stereocenters. The van der Waals surface area contributed by atoms with E-state index in [0.29, 0.717) is 22.0 Å². The Morgan fingerprint density at radius 2 is 1.83 bits per heavy atom. The Bertz CT molecular complexity index is 579. The van der Waals surface area contributed by atoms with Crippen LogP contribution in [-0.2, 0) is 0 Å². The number of benzene rings is 2. The fourth-order valence-electron chi connectivity index (χ4n) is 1.60. The maximum atomic E-state index is 12.0. The van der Waals surface area contributed by atoms with Gasteiger partial charge in [0.15, 0.2) is 0 Å². The largest absolute Gasteiger partial charge is 0.398 e. The predicted molar refractivity (Wildman–Crippen MR) is 75.0 cm³/mol. The van der Waals surface area contributed by atoms with Crippen molar-refractivity contribution in [1.29, 1.82) is 0 Å². The number of rotatable bonds is 2. The van der Waals surface area contributed by atoms with Crippen molar-refractivity contribution < 1.29 is 4.79 Å². The first kappa shape index (κ1) is 12.5. The molecule has 0 aliphatic carbocycles. The predicted octanol–water partition coefficient (Wildman–Crippen LogP) is 3.48. The molecule has 0 heterocycles. The number of nitrogen functional groups attached to an aromatic ring is 1. The number of nitrogens with one attached hydrogen (secondary N) is 1. The number of hydrogen-bond acceptors (Lipinski definition) is 2. The minimum Gasteiger partial charge on any atom is -0.398 e. The van der Waals surface area contributed by atoms with Crippen LogP contribution in [0.2, 0.25) is 5.02 Å². The van der Waals surface area contributed by atoms with Gasteiger partial charge < -0.3 is 11.1 Å². The number of halogens is 1. The number of carbonyl (C=O) groups is 1. The second kappa shape index (κ2) is 5.10. The van der Waals surface area contributed by atoms with Crippen LogP contribution in [0.15, 0.2) is 42.5 Å². The molecule has 2 aromatic rings. The molecule has 0 spiro atoms. The molecule has 3 N–H and O–H groups in total. The van der Waals surface area contributed by atoms with E-state index in [2.05, 4.69) is 5.32 Å². The lowest BCUT2D eigenvalue weighted by Crippen LogP contribution is -2.14. The van der Waals surface area contributed by atoms with Crippen LogP contribution in [0.4, 0.5) is 11.4 Å². The zero-order chi connectivity index (χ0) is 13.1. The summed E-state index contributed by atoms with van der Waals surface area (Å²) in [5.74, 6) is -0.224. The summed E-state index contributed by atoms with van der Waals surface area (Å²) in [6.07, 6.45) is 0. The second-order valence-electron chi connectivity index (χ2n) is 4.05. The van der Waals surface area contributed by atoms with Gasteiger partial charge >= 0.3 is 0 Å². The highest BCUT2D eigenvalue weighted by molar-refractivity contribution is 6.30. The highest BCUT2D eigenvalue weighted by Crippen LogP contribution is 2.18. The van der Waals surface area contributed by atoms with Crippen molar-refractivity contribution in [3.63, 3.8) is 0 Å². The Hall–Kier alpha value is -2.00. The van der Waals surface area contributed by atoms with Crippen LogP contribution in [-0.4, -0.2) is 5.91 Å². The average Bonchev–Trinajstić information content (AvgIpc) is 2.35. The summed E-state index contributed by atoms with van der Waals surface area (Å²) in [6.45, 7) is 1.92. The fraction of sp³-hybridized carbons (Fsp3) is 0.0714. The van der Waals surface area contributed by atoms with Crippen LogP contribution >= 0.6 is 11.6 Å². The van der Waals surface area contributed by atoms with E-state index in [1.807, 2.05) is 13.0 Å². The van der Waals surface area contributed by atoms with Gasteiger partial charge in [-0.3, -0.25) is 4.79 Å². The number of hydrogen-bond donors (Lipinski definition) is 2. The van der Waals surface area contributed by atoms with Crippen molar-refractivity contribution in [2.45, 2.75) is 6.92 Å². The number of anilines is 2. The van der Waals surface area contributed by atoms with E-state index in [9.17, 15) is 4.79 Å². The lowest BCUT2D eigenvalue weighted by Gasteiger charge is -2.08. The second-order valence-corrected chi connectivity index (χ2v) is 4.49. The van der Waals surface area contributed by atoms with E-state index in [1.54, 1.807) is 36.4 Å². The van der Waals surface area contributed by atoms with Gasteiger partial charge in [0.25, 0.3) is 5.91 Å². The Morgan fingerprint density at radius 1 is 1.17 bits per heavy atom. The van der Waals surface area contributed by atoms with E-state index in [4.69, 9.17) is 17.3 Å². The third-order valence-corrected chi connectivity index (χ3v) is 2.81. The van der Waals surface area contributed by atoms with Crippen LogP contribution in [0.1, 0.15) is 15.9 Å². The Labute approximate surface area is 111 Å². The summed E-state index contributed by atoms with van der Waals surface area (Å²) in [4.78, 5) is 12.0. The maximum Gasteiger partial charge on any atom is 0.257 e. The van der Waals surface area contributed by atoms with Crippen molar-refractivity contribution in [2.75, 3.05) is 11.1 Å². The lowest BCUT2D eigenvalue weighted by atomic mass is 10.1. The zero-order valence-electron chi connectivity index (χ0n) is 9.91. The number of nitrogens with two attached hydrogens (primary N) is 1. The highest BCUT2D eigenvalue weighted by atomic mass is 35.5. The van der Waals surface area contributed by atoms with Gasteiger partial charge in [0.2, 0.25) is 0 Å². The van der Waals surface area contributed by atoms with Crippen molar-refractivity contribution in [2.24, 2.45) is 0 Å². The van der Waals surface area contributed by atoms with Crippen LogP contribution in [0.3, 0.4) is 0 Å². The Kier molecular flexibility index (Phi) is 3.53. The molecule has 0 fully saturated rings. The topological polar surface area (TPSA) is 55.1 Å². The number of amides is 1. The van der Waals surface area contributed by atoms with Crippen molar-refractivity contribution in [3.05, 3.63) is 58.6 Å². The van der Waals surface area contributed by atoms with Gasteiger partial charge in [-0.15, -0.1) is 0 Å². The molecule has 0 saturated carbocycles. The molecule has 0 aliphatic heterocycles. The summed E-state index contributed by atoms with van der Waals surface area (Å²) in [5, 5.41) is 3.40. The van der Waals surface area contributed by atoms with Gasteiger partial charge in [-0.1, -0.05) is 23.2 Å². The van der Waals surface area contributed by atoms with E-state index in [1.165, 1.54) is 0 Å². The van der Waals surface area contributed by atoms with E-state index >= 15 is 0 Å². The molecule has 4 heteroatoms. The van der Waals surface area contributed by atoms with E-state index in [0.717, 1.165) is 5.56 Å². The van der Waals surface area contributed by atoms with Gasteiger partial charge in [0.05, 0.1) is 5.56 Å². The number of aryl methyl sites for hydroxylation is 1. The molecule has 0 atom stereocenters. The fourth-order valence-corrected chi connectivity index (χ4v) is 1.72. The molecule has 18 heavy (non-hydrogen) atoms. The first-order valence-electron chi connectivity index (χ1n) is 5.49. The van der Waals surface area contributed by atoms with E-state index < -0.39 is 0 Å². The average molecular weight is 261 g/mol. The SMILES string of the molecule is Cc1ccc(N)c(C(=O)Nc2ccc(Cl)cc2)c1. The summed E-state index contributed by atoms with van der Waals surface area (Å²) in [5.41, 5.74) is 8.40. The molecule has 0 aliphatic rings. The third kappa shape index (κ3) is 2.81. The molecule has 0 bridgehead atoms.